The predicted molar refractivity (Wildman–Crippen MR) is 493 cm³/mol. The topological polar surface area (TPSA) is 633 Å². The van der Waals surface area contributed by atoms with Crippen molar-refractivity contribution >= 4 is 167 Å². The van der Waals surface area contributed by atoms with E-state index in [-0.39, 0.29) is 151 Å². The van der Waals surface area contributed by atoms with Crippen LogP contribution in [0.4, 0.5) is 17.1 Å². The van der Waals surface area contributed by atoms with Gasteiger partial charge in [0.15, 0.2) is 24.6 Å². The summed E-state index contributed by atoms with van der Waals surface area (Å²) in [4.78, 5) is 32.3. The van der Waals surface area contributed by atoms with Crippen molar-refractivity contribution in [3.63, 3.8) is 0 Å². The van der Waals surface area contributed by atoms with Crippen LogP contribution in [0, 0.1) is 5.41 Å². The minimum atomic E-state index is -4.80. The van der Waals surface area contributed by atoms with Crippen LogP contribution >= 0.6 is 23.2 Å². The summed E-state index contributed by atoms with van der Waals surface area (Å²) in [5, 5.41) is 17.0. The van der Waals surface area contributed by atoms with E-state index in [1.165, 1.54) is 6.07 Å². The number of nitrogens with two attached hydrogens (primary N) is 1. The monoisotopic (exact) mass is 2140 g/mol. The number of aliphatic hydroxyl groups excluding tert-OH is 1. The fourth-order valence-corrected chi connectivity index (χ4v) is 18.4. The number of hydrogen-bond donors (Lipinski definition) is 12. The van der Waals surface area contributed by atoms with E-state index in [0.29, 0.717) is 75.0 Å². The molecule has 0 aromatic heterocycles. The van der Waals surface area contributed by atoms with Crippen molar-refractivity contribution in [2.45, 2.75) is 112 Å². The first-order valence-corrected chi connectivity index (χ1v) is 52.2. The first kappa shape index (κ1) is 127. The van der Waals surface area contributed by atoms with Crippen LogP contribution < -0.4 is 139 Å². The molecule has 1 atom stereocenters. The van der Waals surface area contributed by atoms with Gasteiger partial charge in [-0.1, -0.05) is 77.8 Å². The maximum atomic E-state index is 12.4. The molecule has 714 valence electrons. The number of allylic oxidation sites excluding steroid dienone is 5. The number of nitrogens with one attached hydrogen (secondary N) is 1. The van der Waals surface area contributed by atoms with Crippen molar-refractivity contribution in [2.24, 2.45) is 5.73 Å². The van der Waals surface area contributed by atoms with E-state index in [4.69, 9.17) is 57.1 Å². The molecule has 0 amide bonds. The standard InChI is InChI=1S/C27H34N2O6S2.C27H32N2O6S2.C8H10N2O8S2.C7H5ClO4S.C7H5ClO.C7H6O7S2.4Na/c2*1-5-28(6-2)22-13-9-20(10-14-22)27(21-11-15-23(16-12-21)29(7-3)8-4)25-19-24(36(30,31)32)17-18-26(25)37(33,34)35;9-8(10)18-7(11)5-3-4(19(12,13)14)1-2-6(5)20(15,16)17;8-7-2-1-6(13(10,11)12)3-5(7)4-9;8-7-4-2-1-3-6(7)5-9;8-4-5-3-6(15(9,10)11)1-2-7(5)16(12,13)14;;;;/h9-19,27H,5-8H2,1-4H3,(H,30,31,32)(H,33,34,35);9-19H,5-8H2,1-4H3,(H-,30,31,32,33,34,35);1-3,7,11H,(H3,9,10)(H,12,13,14)(H,15,16,17);1-4H,(H,10,11,12);1-5H;1-4H,(H,9,10,11)(H,12,13,14);;;;/q;;;;;;4*+1/p+1. The van der Waals surface area contributed by atoms with Gasteiger partial charge in [-0.2, -0.15) is 75.8 Å². The van der Waals surface area contributed by atoms with E-state index in [0.717, 1.165) is 136 Å². The summed E-state index contributed by atoms with van der Waals surface area (Å²) in [5.41, 5.74) is 11.1. The zero-order chi connectivity index (χ0) is 99.8. The average molecular weight is 2140 g/mol. The average Bonchev–Trinajstić information content (AvgIpc) is 0.754. The van der Waals surface area contributed by atoms with Gasteiger partial charge in [-0.05, 0) is 234 Å². The third-order valence-electron chi connectivity index (χ3n) is 19.1. The molecule has 0 aliphatic heterocycles. The van der Waals surface area contributed by atoms with Crippen molar-refractivity contribution in [1.29, 1.82) is 5.41 Å². The number of anilines is 3. The predicted octanol–water partition coefficient (Wildman–Crippen LogP) is 0.141. The summed E-state index contributed by atoms with van der Waals surface area (Å²) in [6, 6.07) is 42.1. The Hall–Kier alpha value is -6.72. The van der Waals surface area contributed by atoms with Gasteiger partial charge in [-0.15, -0.1) is 0 Å². The molecule has 136 heavy (non-hydrogen) atoms. The number of nitrogens with zero attached hydrogens (tertiary/aromatic N) is 4. The molecule has 9 aromatic rings. The Labute approximate surface area is 888 Å². The SMILES string of the molecule is CCN(CC)c1ccc(C(=C2C=CC(=[N+](CC)CC)C=C2)c2cc(S(=O)(=O)O)ccc2S(=O)(=O)O)cc1.CCN(CC)c1ccc(C(c2ccc(N(CC)CC)cc2)c2cc(S(=O)(=O)O)ccc2S(=O)(=O)O)cc1.N=C(N)OC(O)c1cc(S(=O)(=O)O)ccc1S(=O)(=O)O.O=Cc1cc(S(=O)(=O)O)ccc1Cl.O=Cc1cc(S(=O)(=O)O)ccc1S(=O)(=O)O.O=Cc1ccccc1Cl.[Na+].[Na+].[Na+].[Na+]. The molecule has 53 heteroatoms. The van der Waals surface area contributed by atoms with Gasteiger partial charge in [0, 0.05) is 102 Å². The van der Waals surface area contributed by atoms with Crippen molar-refractivity contribution in [2.75, 3.05) is 67.1 Å². The van der Waals surface area contributed by atoms with Crippen LogP contribution in [0.3, 0.4) is 0 Å². The molecule has 0 spiro atoms. The molecule has 38 nitrogen and oxygen atoms in total. The van der Waals surface area contributed by atoms with E-state index in [2.05, 4.69) is 51.7 Å². The number of rotatable bonds is 30. The summed E-state index contributed by atoms with van der Waals surface area (Å²) in [6.45, 7) is 22.9. The maximum absolute atomic E-state index is 12.4. The zero-order valence-corrected chi connectivity index (χ0v) is 91.9. The smallest absolute Gasteiger partial charge is 0.431 e. The summed E-state index contributed by atoms with van der Waals surface area (Å²) in [7, 11) is -41.6. The molecule has 0 saturated carbocycles. The van der Waals surface area contributed by atoms with E-state index < -0.39 is 160 Å². The van der Waals surface area contributed by atoms with Gasteiger partial charge in [0.2, 0.25) is 6.29 Å². The molecule has 13 N–H and O–H groups in total. The minimum absolute atomic E-state index is 0. The number of benzene rings is 9. The number of aldehydes is 3. The van der Waals surface area contributed by atoms with Crippen LogP contribution in [-0.4, -0.2) is 209 Å². The Morgan fingerprint density at radius 2 is 0.684 bits per heavy atom. The van der Waals surface area contributed by atoms with Gasteiger partial charge >= 0.3 is 118 Å². The molecule has 0 radical (unpaired) electrons. The van der Waals surface area contributed by atoms with Crippen LogP contribution in [0.5, 0.6) is 0 Å². The van der Waals surface area contributed by atoms with Crippen molar-refractivity contribution in [3.8, 4) is 0 Å². The number of carbonyl (C=O) groups excluding carboxylic acids is 3. The third kappa shape index (κ3) is 37.3. The van der Waals surface area contributed by atoms with Gasteiger partial charge in [0.1, 0.15) is 27.8 Å². The Morgan fingerprint density at radius 1 is 0.375 bits per heavy atom. The molecule has 9 aromatic carbocycles. The number of carbonyl (C=O) groups is 3. The second-order valence-electron chi connectivity index (χ2n) is 27.2. The zero-order valence-electron chi connectivity index (χ0n) is 75.0. The Bertz CT molecular complexity index is 6910. The van der Waals surface area contributed by atoms with Crippen LogP contribution in [-0.2, 0) is 95.8 Å². The number of aliphatic hydroxyl groups is 1. The van der Waals surface area contributed by atoms with E-state index >= 15 is 0 Å². The van der Waals surface area contributed by atoms with Gasteiger partial charge < -0.3 is 30.3 Å². The van der Waals surface area contributed by atoms with Gasteiger partial charge in [0.05, 0.1) is 39.4 Å². The third-order valence-corrected chi connectivity index (χ3v) is 27.7. The molecule has 1 unspecified atom stereocenters. The normalized spacial score (nSPS) is 12.2. The van der Waals surface area contributed by atoms with Crippen molar-refractivity contribution in [1.82, 2.24) is 0 Å². The molecule has 1 aliphatic carbocycles. The molecule has 1 aliphatic rings. The number of halogens is 2. The second-order valence-corrected chi connectivity index (χ2v) is 40.7. The number of ether oxygens (including phenoxy) is 1. The van der Waals surface area contributed by atoms with Crippen LogP contribution in [0.15, 0.2) is 262 Å². The van der Waals surface area contributed by atoms with Gasteiger partial charge in [-0.3, -0.25) is 60.8 Å². The van der Waals surface area contributed by atoms with E-state index in [1.807, 2.05) is 125 Å². The number of hydrogen-bond acceptors (Lipinski definition) is 27. The molecule has 0 fully saturated rings. The molecule has 10 rings (SSSR count). The van der Waals surface area contributed by atoms with Crippen molar-refractivity contribution in [3.05, 3.63) is 278 Å². The molecular weight excluding hydrogens is 2040 g/mol. The fraction of sp³-hybridized carbons (Fsp3) is 0.217. The van der Waals surface area contributed by atoms with E-state index in [9.17, 15) is 113 Å². The molecule has 0 bridgehead atoms. The minimum Gasteiger partial charge on any atom is -0.431 e. The quantitative estimate of drug-likeness (QED) is 0.00416. The van der Waals surface area contributed by atoms with E-state index in [1.54, 1.807) is 24.3 Å². The molecular formula is C83H93Cl2N6Na4O32S9+5. The Morgan fingerprint density at radius 3 is 1.01 bits per heavy atom. The molecule has 0 heterocycles. The second kappa shape index (κ2) is 55.6. The first-order valence-electron chi connectivity index (χ1n) is 38.5. The maximum Gasteiger partial charge on any atom is 1.00 e. The first-order chi connectivity index (χ1) is 61.3. The van der Waals surface area contributed by atoms with Crippen molar-refractivity contribution < 1.29 is 264 Å². The Kier molecular flexibility index (Phi) is 52.1. The fourth-order valence-electron chi connectivity index (χ4n) is 12.7. The largest absolute Gasteiger partial charge is 1.00 e. The van der Waals surface area contributed by atoms with Crippen LogP contribution in [0.25, 0.3) is 5.57 Å². The van der Waals surface area contributed by atoms with Gasteiger partial charge in [0.25, 0.3) is 97.1 Å². The summed E-state index contributed by atoms with van der Waals surface area (Å²) in [6.07, 6.45) is 6.55. The van der Waals surface area contributed by atoms with Crippen LogP contribution in [0.2, 0.25) is 10.0 Å². The van der Waals surface area contributed by atoms with Gasteiger partial charge in [-0.25, -0.2) is 4.58 Å². The number of amidine groups is 1. The van der Waals surface area contributed by atoms with Crippen LogP contribution in [0.1, 0.15) is 132 Å². The Balaban J connectivity index is 0.000000864. The summed E-state index contributed by atoms with van der Waals surface area (Å²) >= 11 is 11.1. The summed E-state index contributed by atoms with van der Waals surface area (Å²) in [5.74, 6) is -0.741. The summed E-state index contributed by atoms with van der Waals surface area (Å²) < 4.78 is 295. The molecule has 0 saturated heterocycles.